The van der Waals surface area contributed by atoms with Gasteiger partial charge >= 0.3 is 12.1 Å². The number of rotatable bonds is 16. The van der Waals surface area contributed by atoms with E-state index in [-0.39, 0.29) is 59.9 Å². The van der Waals surface area contributed by atoms with Gasteiger partial charge in [-0.3, -0.25) is 24.5 Å². The van der Waals surface area contributed by atoms with Crippen molar-refractivity contribution in [1.82, 2.24) is 36.8 Å². The maximum Gasteiger partial charge on any atom is 0.322 e. The fraction of sp³-hybridized carbons (Fsp3) is 0.459. The Morgan fingerprint density at radius 2 is 1.81 bits per heavy atom. The first kappa shape index (κ1) is 37.0. The number of fused-ring (bicyclic) bond motifs is 3. The van der Waals surface area contributed by atoms with Crippen molar-refractivity contribution in [2.75, 3.05) is 32.5 Å². The Morgan fingerprint density at radius 3 is 2.59 bits per heavy atom. The van der Waals surface area contributed by atoms with Gasteiger partial charge in [0.2, 0.25) is 5.91 Å². The predicted molar refractivity (Wildman–Crippen MR) is 195 cm³/mol. The first-order valence-corrected chi connectivity index (χ1v) is 19.2. The summed E-state index contributed by atoms with van der Waals surface area (Å²) in [7, 11) is 1.49. The summed E-state index contributed by atoms with van der Waals surface area (Å²) in [6.07, 6.45) is 5.20. The van der Waals surface area contributed by atoms with Crippen molar-refractivity contribution in [3.63, 3.8) is 0 Å². The van der Waals surface area contributed by atoms with Crippen LogP contribution in [0.15, 0.2) is 40.8 Å². The zero-order valence-corrected chi connectivity index (χ0v) is 30.5. The molecule has 7 rings (SSSR count). The lowest BCUT2D eigenvalue weighted by atomic mass is 9.95. The molecule has 0 bridgehead atoms. The molecular formula is C37H42FN7O8S. The Kier molecular flexibility index (Phi) is 10.7. The van der Waals surface area contributed by atoms with Gasteiger partial charge in [0.25, 0.3) is 17.7 Å². The number of carbonyl (C=O) groups excluding carboxylic acids is 6. The number of thioether (sulfide) groups is 1. The topological polar surface area (TPSA) is 200 Å². The molecule has 15 nitrogen and oxygen atoms in total. The Morgan fingerprint density at radius 1 is 1.00 bits per heavy atom. The van der Waals surface area contributed by atoms with Gasteiger partial charge in [-0.1, -0.05) is 12.5 Å². The number of imide groups is 1. The van der Waals surface area contributed by atoms with Crippen molar-refractivity contribution < 1.29 is 42.3 Å². The number of nitrogens with one attached hydrogen (secondary N) is 6. The molecule has 3 aromatic rings. The molecule has 1 aromatic heterocycles. The quantitative estimate of drug-likeness (QED) is 0.0721. The zero-order chi connectivity index (χ0) is 38.0. The molecule has 0 radical (unpaired) electrons. The van der Waals surface area contributed by atoms with Crippen molar-refractivity contribution >= 4 is 58.4 Å². The SMILES string of the molecule is COc1ccc2c(c1)C(=O)N(C[C@@]1(c3cc4cc(C(=O)NCCCCCNC(=O)CCCC[C@@H]5SCC6NC(=O)NC65)c(F)cc4o3)NC(=O)NC1=O)C2. The summed E-state index contributed by atoms with van der Waals surface area (Å²) in [5.41, 5.74) is -0.823. The van der Waals surface area contributed by atoms with Crippen LogP contribution in [0.4, 0.5) is 14.0 Å². The van der Waals surface area contributed by atoms with Crippen LogP contribution in [0.1, 0.15) is 77.0 Å². The molecule has 0 aliphatic carbocycles. The van der Waals surface area contributed by atoms with Gasteiger partial charge < -0.3 is 40.6 Å². The number of ether oxygens (including phenoxy) is 1. The normalized spacial score (nSPS) is 22.8. The average Bonchev–Trinajstić information content (AvgIpc) is 3.95. The van der Waals surface area contributed by atoms with Crippen LogP contribution in [0, 0.1) is 5.82 Å². The maximum atomic E-state index is 15.2. The number of nitrogens with zero attached hydrogens (tertiary/aromatic N) is 1. The molecular weight excluding hydrogens is 722 g/mol. The molecule has 4 aliphatic heterocycles. The average molecular weight is 764 g/mol. The van der Waals surface area contributed by atoms with Gasteiger partial charge in [-0.2, -0.15) is 11.8 Å². The fourth-order valence-corrected chi connectivity index (χ4v) is 9.04. The van der Waals surface area contributed by atoms with Crippen molar-refractivity contribution in [1.29, 1.82) is 0 Å². The van der Waals surface area contributed by atoms with E-state index in [0.29, 0.717) is 47.9 Å². The Hall–Kier alpha value is -5.32. The highest BCUT2D eigenvalue weighted by Crippen LogP contribution is 2.36. The minimum absolute atomic E-state index is 0.00220. The number of hydrogen-bond acceptors (Lipinski definition) is 9. The van der Waals surface area contributed by atoms with Gasteiger partial charge in [-0.25, -0.2) is 14.0 Å². The third-order valence-corrected chi connectivity index (χ3v) is 11.9. The van der Waals surface area contributed by atoms with E-state index < -0.39 is 29.2 Å². The van der Waals surface area contributed by atoms with Crippen LogP contribution in [0.2, 0.25) is 0 Å². The predicted octanol–water partition coefficient (Wildman–Crippen LogP) is 3.01. The molecule has 54 heavy (non-hydrogen) atoms. The number of methoxy groups -OCH3 is 1. The number of furan rings is 1. The highest BCUT2D eigenvalue weighted by Gasteiger charge is 2.53. The molecule has 8 amide bonds. The molecule has 5 heterocycles. The molecule has 4 aliphatic rings. The summed E-state index contributed by atoms with van der Waals surface area (Å²) < 4.78 is 26.4. The molecule has 286 valence electrons. The number of amides is 8. The molecule has 0 saturated carbocycles. The van der Waals surface area contributed by atoms with Crippen LogP contribution in [0.5, 0.6) is 5.75 Å². The van der Waals surface area contributed by atoms with Crippen LogP contribution in [0.3, 0.4) is 0 Å². The molecule has 4 atom stereocenters. The molecule has 2 unspecified atom stereocenters. The second-order valence-corrected chi connectivity index (χ2v) is 15.3. The zero-order valence-electron chi connectivity index (χ0n) is 29.7. The van der Waals surface area contributed by atoms with Crippen LogP contribution in [-0.4, -0.2) is 90.4 Å². The van der Waals surface area contributed by atoms with Crippen molar-refractivity contribution in [3.05, 3.63) is 64.7 Å². The van der Waals surface area contributed by atoms with E-state index >= 15 is 4.39 Å². The van der Waals surface area contributed by atoms with E-state index in [2.05, 4.69) is 31.9 Å². The van der Waals surface area contributed by atoms with Crippen LogP contribution in [0.25, 0.3) is 11.0 Å². The van der Waals surface area contributed by atoms with Gasteiger partial charge in [0.1, 0.15) is 22.9 Å². The Labute approximate surface area is 314 Å². The van der Waals surface area contributed by atoms with E-state index in [9.17, 15) is 28.8 Å². The highest BCUT2D eigenvalue weighted by molar-refractivity contribution is 8.00. The lowest BCUT2D eigenvalue weighted by Gasteiger charge is -2.29. The molecule has 3 fully saturated rings. The van der Waals surface area contributed by atoms with Crippen LogP contribution in [-0.2, 0) is 21.7 Å². The van der Waals surface area contributed by atoms with E-state index in [1.165, 1.54) is 24.1 Å². The minimum Gasteiger partial charge on any atom is -0.497 e. The fourth-order valence-electron chi connectivity index (χ4n) is 7.50. The summed E-state index contributed by atoms with van der Waals surface area (Å²) >= 11 is 1.87. The standard InChI is InChI=1S/C37H42FN7O8S/c1-52-22-10-9-20-17-45(33(48)23(20)15-22)19-37(34(49)43-36(51)44-37)29-14-21-13-24(25(38)16-27(21)53-29)32(47)40-12-6-2-5-11-39-30(46)8-4-3-7-28-31-26(18-54-28)41-35(50)42-31/h9-10,13-16,26,28,31H,2-8,11-12,17-19H2,1H3,(H,39,46)(H,40,47)(H2,41,42,50)(H2,43,44,49,51)/t26?,28-,31?,37-/m0/s1. The van der Waals surface area contributed by atoms with Crippen molar-refractivity contribution in [2.24, 2.45) is 0 Å². The number of unbranched alkanes of at least 4 members (excludes halogenated alkanes) is 3. The third kappa shape index (κ3) is 7.54. The monoisotopic (exact) mass is 763 g/mol. The van der Waals surface area contributed by atoms with Crippen LogP contribution < -0.4 is 36.6 Å². The lowest BCUT2D eigenvalue weighted by Crippen LogP contribution is -2.52. The Balaban J connectivity index is 0.870. The van der Waals surface area contributed by atoms with E-state index in [0.717, 1.165) is 49.5 Å². The first-order chi connectivity index (χ1) is 26.0. The molecule has 3 saturated heterocycles. The van der Waals surface area contributed by atoms with Gasteiger partial charge in [0, 0.05) is 54.1 Å². The second-order valence-electron chi connectivity index (χ2n) is 14.0. The Bertz CT molecular complexity index is 2010. The van der Waals surface area contributed by atoms with Crippen molar-refractivity contribution in [3.8, 4) is 5.75 Å². The summed E-state index contributed by atoms with van der Waals surface area (Å²) in [4.78, 5) is 77.2. The van der Waals surface area contributed by atoms with E-state index in [1.54, 1.807) is 18.2 Å². The summed E-state index contributed by atoms with van der Waals surface area (Å²) in [6.45, 7) is 0.737. The molecule has 0 spiro atoms. The summed E-state index contributed by atoms with van der Waals surface area (Å²) in [5, 5.41) is 17.1. The van der Waals surface area contributed by atoms with Gasteiger partial charge in [-0.05, 0) is 61.9 Å². The number of hydrogen-bond donors (Lipinski definition) is 6. The van der Waals surface area contributed by atoms with Crippen LogP contribution >= 0.6 is 11.8 Å². The molecule has 6 N–H and O–H groups in total. The highest BCUT2D eigenvalue weighted by atomic mass is 32.2. The van der Waals surface area contributed by atoms with E-state index in [4.69, 9.17) is 9.15 Å². The minimum atomic E-state index is -1.80. The number of benzene rings is 2. The summed E-state index contributed by atoms with van der Waals surface area (Å²) in [6, 6.07) is 8.43. The van der Waals surface area contributed by atoms with Gasteiger partial charge in [0.05, 0.1) is 31.3 Å². The molecule has 17 heteroatoms. The second kappa shape index (κ2) is 15.6. The maximum absolute atomic E-state index is 15.2. The lowest BCUT2D eigenvalue weighted by molar-refractivity contribution is -0.125. The van der Waals surface area contributed by atoms with Crippen molar-refractivity contribution in [2.45, 2.75) is 74.4 Å². The van der Waals surface area contributed by atoms with E-state index in [1.807, 2.05) is 11.8 Å². The third-order valence-electron chi connectivity index (χ3n) is 10.4. The van der Waals surface area contributed by atoms with Gasteiger partial charge in [0.15, 0.2) is 5.54 Å². The first-order valence-electron chi connectivity index (χ1n) is 18.1. The number of halogens is 1. The van der Waals surface area contributed by atoms with Gasteiger partial charge in [-0.15, -0.1) is 0 Å². The largest absolute Gasteiger partial charge is 0.497 e. The number of carbonyl (C=O) groups is 6. The smallest absolute Gasteiger partial charge is 0.322 e. The molecule has 2 aromatic carbocycles. The number of urea groups is 2. The summed E-state index contributed by atoms with van der Waals surface area (Å²) in [5.74, 6) is -1.15.